The zero-order valence-corrected chi connectivity index (χ0v) is 17.2. The van der Waals surface area contributed by atoms with Gasteiger partial charge in [0.2, 0.25) is 11.8 Å². The quantitative estimate of drug-likeness (QED) is 0.787. The van der Waals surface area contributed by atoms with Crippen LogP contribution < -0.4 is 5.32 Å². The summed E-state index contributed by atoms with van der Waals surface area (Å²) in [5, 5.41) is 2.79. The molecular formula is C23H26F2N2O3. The predicted molar refractivity (Wildman–Crippen MR) is 109 cm³/mol. The number of hydrogen-bond donors (Lipinski definition) is 1. The van der Waals surface area contributed by atoms with E-state index in [-0.39, 0.29) is 49.1 Å². The number of nitrogens with one attached hydrogen (secondary N) is 1. The van der Waals surface area contributed by atoms with Gasteiger partial charge in [0, 0.05) is 38.2 Å². The highest BCUT2D eigenvalue weighted by molar-refractivity contribution is 5.82. The topological polar surface area (TPSA) is 58.6 Å². The molecule has 3 rings (SSSR count). The lowest BCUT2D eigenvalue weighted by atomic mass is 9.83. The van der Waals surface area contributed by atoms with Gasteiger partial charge in [-0.25, -0.2) is 8.78 Å². The lowest BCUT2D eigenvalue weighted by molar-refractivity contribution is -0.139. The summed E-state index contributed by atoms with van der Waals surface area (Å²) in [5.74, 6) is -1.67. The summed E-state index contributed by atoms with van der Waals surface area (Å²) in [7, 11) is 1.45. The number of carbonyl (C=O) groups excluding carboxylic acids is 2. The number of methoxy groups -OCH3 is 1. The van der Waals surface area contributed by atoms with Crippen LogP contribution in [0.1, 0.15) is 29.0 Å². The van der Waals surface area contributed by atoms with E-state index in [4.69, 9.17) is 4.74 Å². The SMILES string of the molecule is COCC(=O)N1C[C@H](C(=O)NCc2ccccc2F)C[C@@H](c2ccc(F)c(C)c2)C1. The van der Waals surface area contributed by atoms with Crippen molar-refractivity contribution in [2.24, 2.45) is 5.92 Å². The molecule has 1 saturated heterocycles. The highest BCUT2D eigenvalue weighted by atomic mass is 19.1. The fraction of sp³-hybridized carbons (Fsp3) is 0.391. The van der Waals surface area contributed by atoms with Gasteiger partial charge in [-0.15, -0.1) is 0 Å². The Hall–Kier alpha value is -2.80. The fourth-order valence-electron chi connectivity index (χ4n) is 3.84. The molecule has 0 aliphatic carbocycles. The second-order valence-electron chi connectivity index (χ2n) is 7.68. The van der Waals surface area contributed by atoms with E-state index in [1.807, 2.05) is 0 Å². The first kappa shape index (κ1) is 21.9. The average molecular weight is 416 g/mol. The van der Waals surface area contributed by atoms with Crippen LogP contribution in [0.2, 0.25) is 0 Å². The Labute approximate surface area is 175 Å². The monoisotopic (exact) mass is 416 g/mol. The Bertz CT molecular complexity index is 919. The lowest BCUT2D eigenvalue weighted by Crippen LogP contribution is -2.48. The van der Waals surface area contributed by atoms with Crippen LogP contribution in [-0.2, 0) is 20.9 Å². The minimum Gasteiger partial charge on any atom is -0.375 e. The molecule has 0 radical (unpaired) electrons. The number of carbonyl (C=O) groups is 2. The van der Waals surface area contributed by atoms with Gasteiger partial charge in [-0.3, -0.25) is 9.59 Å². The molecule has 2 aromatic rings. The van der Waals surface area contributed by atoms with Gasteiger partial charge in [-0.05, 0) is 36.6 Å². The number of hydrogen-bond acceptors (Lipinski definition) is 3. The smallest absolute Gasteiger partial charge is 0.248 e. The van der Waals surface area contributed by atoms with Crippen LogP contribution in [0.3, 0.4) is 0 Å². The van der Waals surface area contributed by atoms with Crippen molar-refractivity contribution in [2.45, 2.75) is 25.8 Å². The number of halogens is 2. The number of aryl methyl sites for hydroxylation is 1. The van der Waals surface area contributed by atoms with E-state index in [0.29, 0.717) is 24.1 Å². The van der Waals surface area contributed by atoms with Gasteiger partial charge in [0.1, 0.15) is 18.2 Å². The van der Waals surface area contributed by atoms with Crippen molar-refractivity contribution in [3.05, 3.63) is 70.8 Å². The minimum atomic E-state index is -0.457. The summed E-state index contributed by atoms with van der Waals surface area (Å²) in [4.78, 5) is 26.9. The van der Waals surface area contributed by atoms with Crippen molar-refractivity contribution >= 4 is 11.8 Å². The van der Waals surface area contributed by atoms with Crippen LogP contribution in [0.4, 0.5) is 8.78 Å². The van der Waals surface area contributed by atoms with E-state index in [9.17, 15) is 18.4 Å². The molecule has 0 aromatic heterocycles. The molecule has 1 fully saturated rings. The summed E-state index contributed by atoms with van der Waals surface area (Å²) in [6.45, 7) is 2.40. The number of ether oxygens (including phenoxy) is 1. The minimum absolute atomic E-state index is 0.0707. The van der Waals surface area contributed by atoms with Gasteiger partial charge in [0.15, 0.2) is 0 Å². The van der Waals surface area contributed by atoms with E-state index in [2.05, 4.69) is 5.32 Å². The van der Waals surface area contributed by atoms with Gasteiger partial charge >= 0.3 is 0 Å². The summed E-state index contributed by atoms with van der Waals surface area (Å²) >= 11 is 0. The van der Waals surface area contributed by atoms with Gasteiger partial charge < -0.3 is 15.0 Å². The molecule has 1 aliphatic heterocycles. The van der Waals surface area contributed by atoms with Crippen LogP contribution in [-0.4, -0.2) is 43.5 Å². The molecule has 1 heterocycles. The van der Waals surface area contributed by atoms with Crippen LogP contribution in [0.15, 0.2) is 42.5 Å². The van der Waals surface area contributed by atoms with E-state index in [1.54, 1.807) is 42.2 Å². The molecule has 160 valence electrons. The molecule has 0 spiro atoms. The number of piperidine rings is 1. The Kier molecular flexibility index (Phi) is 7.15. The highest BCUT2D eigenvalue weighted by Gasteiger charge is 2.34. The summed E-state index contributed by atoms with van der Waals surface area (Å²) < 4.78 is 32.5. The van der Waals surface area contributed by atoms with Crippen molar-refractivity contribution in [1.82, 2.24) is 10.2 Å². The first-order chi connectivity index (χ1) is 14.4. The van der Waals surface area contributed by atoms with Crippen molar-refractivity contribution in [2.75, 3.05) is 26.8 Å². The Morgan fingerprint density at radius 3 is 2.60 bits per heavy atom. The Morgan fingerprint density at radius 2 is 1.90 bits per heavy atom. The van der Waals surface area contributed by atoms with E-state index < -0.39 is 5.92 Å². The third kappa shape index (κ3) is 5.21. The van der Waals surface area contributed by atoms with Gasteiger partial charge in [0.05, 0.1) is 5.92 Å². The zero-order valence-electron chi connectivity index (χ0n) is 17.2. The number of likely N-dealkylation sites (tertiary alicyclic amines) is 1. The first-order valence-electron chi connectivity index (χ1n) is 9.93. The lowest BCUT2D eigenvalue weighted by Gasteiger charge is -2.37. The third-order valence-electron chi connectivity index (χ3n) is 5.51. The summed E-state index contributed by atoms with van der Waals surface area (Å²) in [5.41, 5.74) is 1.81. The molecule has 30 heavy (non-hydrogen) atoms. The molecule has 1 N–H and O–H groups in total. The predicted octanol–water partition coefficient (Wildman–Crippen LogP) is 3.17. The molecule has 2 atom stereocenters. The van der Waals surface area contributed by atoms with Gasteiger partial charge in [-0.1, -0.05) is 30.3 Å². The van der Waals surface area contributed by atoms with Crippen LogP contribution in [0.25, 0.3) is 0 Å². The number of amides is 2. The van der Waals surface area contributed by atoms with E-state index >= 15 is 0 Å². The second kappa shape index (κ2) is 9.80. The maximum Gasteiger partial charge on any atom is 0.248 e. The second-order valence-corrected chi connectivity index (χ2v) is 7.68. The largest absolute Gasteiger partial charge is 0.375 e. The van der Waals surface area contributed by atoms with Crippen LogP contribution in [0, 0.1) is 24.5 Å². The van der Waals surface area contributed by atoms with Gasteiger partial charge in [-0.2, -0.15) is 0 Å². The Balaban J connectivity index is 1.76. The van der Waals surface area contributed by atoms with Gasteiger partial charge in [0.25, 0.3) is 0 Å². The molecule has 2 amide bonds. The van der Waals surface area contributed by atoms with E-state index in [1.165, 1.54) is 19.2 Å². The Morgan fingerprint density at radius 1 is 1.13 bits per heavy atom. The third-order valence-corrected chi connectivity index (χ3v) is 5.51. The van der Waals surface area contributed by atoms with Crippen LogP contribution in [0.5, 0.6) is 0 Å². The molecule has 5 nitrogen and oxygen atoms in total. The maximum atomic E-state index is 13.8. The highest BCUT2D eigenvalue weighted by Crippen LogP contribution is 2.31. The number of benzene rings is 2. The van der Waals surface area contributed by atoms with Crippen molar-refractivity contribution in [3.63, 3.8) is 0 Å². The number of nitrogens with zero attached hydrogens (tertiary/aromatic N) is 1. The molecule has 0 saturated carbocycles. The average Bonchev–Trinajstić information content (AvgIpc) is 2.74. The molecular weight excluding hydrogens is 390 g/mol. The molecule has 1 aliphatic rings. The normalized spacial score (nSPS) is 18.9. The maximum absolute atomic E-state index is 13.8. The molecule has 2 aromatic carbocycles. The summed E-state index contributed by atoms with van der Waals surface area (Å²) in [6, 6.07) is 11.1. The van der Waals surface area contributed by atoms with Crippen molar-refractivity contribution < 1.29 is 23.1 Å². The fourth-order valence-corrected chi connectivity index (χ4v) is 3.84. The first-order valence-corrected chi connectivity index (χ1v) is 9.93. The van der Waals surface area contributed by atoms with Crippen LogP contribution >= 0.6 is 0 Å². The van der Waals surface area contributed by atoms with Crippen molar-refractivity contribution in [1.29, 1.82) is 0 Å². The zero-order chi connectivity index (χ0) is 21.7. The number of rotatable bonds is 6. The van der Waals surface area contributed by atoms with E-state index in [0.717, 1.165) is 5.56 Å². The molecule has 0 unspecified atom stereocenters. The summed E-state index contributed by atoms with van der Waals surface area (Å²) in [6.07, 6.45) is 0.519. The molecule has 0 bridgehead atoms. The van der Waals surface area contributed by atoms with Crippen molar-refractivity contribution in [3.8, 4) is 0 Å². The molecule has 7 heteroatoms. The standard InChI is InChI=1S/C23H26F2N2O3/c1-15-9-16(7-8-20(15)24)18-10-19(13-27(12-18)22(28)14-30-2)23(29)26-11-17-5-3-4-6-21(17)25/h3-9,18-19H,10-14H2,1-2H3,(H,26,29)/t18-,19-/m1/s1.